The number of morpholine rings is 1. The van der Waals surface area contributed by atoms with Crippen LogP contribution in [0.4, 0.5) is 5.82 Å². The Kier molecular flexibility index (Phi) is 3.01. The molecule has 1 aliphatic rings. The highest BCUT2D eigenvalue weighted by molar-refractivity contribution is 6.28. The summed E-state index contributed by atoms with van der Waals surface area (Å²) in [5.74, 6) is 0.792. The maximum Gasteiger partial charge on any atom is 0.225 e. The highest BCUT2D eigenvalue weighted by atomic mass is 35.5. The van der Waals surface area contributed by atoms with Crippen molar-refractivity contribution in [2.24, 2.45) is 0 Å². The third kappa shape index (κ3) is 2.11. The van der Waals surface area contributed by atoms with Gasteiger partial charge < -0.3 is 9.64 Å². The fourth-order valence-corrected chi connectivity index (χ4v) is 2.33. The number of ether oxygens (including phenoxy) is 1. The lowest BCUT2D eigenvalue weighted by Crippen LogP contribution is -2.41. The van der Waals surface area contributed by atoms with Crippen LogP contribution < -0.4 is 4.90 Å². The molecule has 1 fully saturated rings. The molecule has 2 aromatic rings. The molecule has 0 aromatic carbocycles. The van der Waals surface area contributed by atoms with Crippen LogP contribution in [0.25, 0.3) is 11.0 Å². The molecule has 1 unspecified atom stereocenters. The Labute approximate surface area is 110 Å². The maximum absolute atomic E-state index is 5.97. The van der Waals surface area contributed by atoms with E-state index in [4.69, 9.17) is 16.3 Å². The van der Waals surface area contributed by atoms with Crippen molar-refractivity contribution < 1.29 is 4.74 Å². The molecule has 1 aliphatic heterocycles. The second kappa shape index (κ2) is 4.66. The van der Waals surface area contributed by atoms with Gasteiger partial charge in [-0.05, 0) is 30.7 Å². The lowest BCUT2D eigenvalue weighted by molar-refractivity contribution is 0.0530. The number of fused-ring (bicyclic) bond motifs is 1. The molecule has 0 bridgehead atoms. The normalized spacial score (nSPS) is 20.3. The Balaban J connectivity index is 2.09. The van der Waals surface area contributed by atoms with E-state index in [-0.39, 0.29) is 11.4 Å². The van der Waals surface area contributed by atoms with E-state index in [1.165, 1.54) is 0 Å². The number of anilines is 1. The van der Waals surface area contributed by atoms with E-state index >= 15 is 0 Å². The summed E-state index contributed by atoms with van der Waals surface area (Å²) in [4.78, 5) is 15.0. The fraction of sp³-hybridized carbons (Fsp3) is 0.417. The van der Waals surface area contributed by atoms with Gasteiger partial charge in [-0.25, -0.2) is 4.98 Å². The zero-order chi connectivity index (χ0) is 12.5. The van der Waals surface area contributed by atoms with Crippen LogP contribution in [0.15, 0.2) is 18.3 Å². The summed E-state index contributed by atoms with van der Waals surface area (Å²) < 4.78 is 5.53. The van der Waals surface area contributed by atoms with E-state index in [0.717, 1.165) is 29.9 Å². The average Bonchev–Trinajstić information content (AvgIpc) is 2.37. The van der Waals surface area contributed by atoms with E-state index in [9.17, 15) is 0 Å². The quantitative estimate of drug-likeness (QED) is 0.737. The lowest BCUT2D eigenvalue weighted by atomic mass is 10.2. The van der Waals surface area contributed by atoms with Crippen molar-refractivity contribution in [2.75, 3.05) is 24.6 Å². The van der Waals surface area contributed by atoms with Gasteiger partial charge in [0.2, 0.25) is 5.28 Å². The first-order valence-corrected chi connectivity index (χ1v) is 6.26. The molecule has 0 saturated carbocycles. The first kappa shape index (κ1) is 11.6. The molecule has 5 nitrogen and oxygen atoms in total. The summed E-state index contributed by atoms with van der Waals surface area (Å²) in [7, 11) is 0. The Morgan fingerprint density at radius 2 is 2.33 bits per heavy atom. The van der Waals surface area contributed by atoms with E-state index in [2.05, 4.69) is 19.9 Å². The third-order valence-electron chi connectivity index (χ3n) is 2.95. The fourth-order valence-electron chi connectivity index (χ4n) is 2.16. The third-order valence-corrected chi connectivity index (χ3v) is 3.12. The van der Waals surface area contributed by atoms with Gasteiger partial charge in [-0.1, -0.05) is 0 Å². The molecule has 1 saturated heterocycles. The highest BCUT2D eigenvalue weighted by Gasteiger charge is 2.21. The number of halogens is 1. The topological polar surface area (TPSA) is 51.1 Å². The molecule has 94 valence electrons. The summed E-state index contributed by atoms with van der Waals surface area (Å²) in [5.41, 5.74) is 1.56. The molecule has 6 heteroatoms. The first-order chi connectivity index (χ1) is 8.74. The summed E-state index contributed by atoms with van der Waals surface area (Å²) >= 11 is 5.97. The van der Waals surface area contributed by atoms with Gasteiger partial charge >= 0.3 is 0 Å². The van der Waals surface area contributed by atoms with E-state index in [1.54, 1.807) is 6.20 Å². The molecule has 18 heavy (non-hydrogen) atoms. The van der Waals surface area contributed by atoms with Gasteiger partial charge in [0.25, 0.3) is 0 Å². The van der Waals surface area contributed by atoms with Crippen molar-refractivity contribution in [2.45, 2.75) is 13.0 Å². The molecular formula is C12H13ClN4O. The Hall–Kier alpha value is -1.46. The SMILES string of the molecule is CC1CN(c2nc(Cl)nc3cccnc23)CCO1. The molecule has 3 rings (SSSR count). The number of nitrogens with zero attached hydrogens (tertiary/aromatic N) is 4. The largest absolute Gasteiger partial charge is 0.375 e. The molecule has 0 amide bonds. The maximum atomic E-state index is 5.97. The summed E-state index contributed by atoms with van der Waals surface area (Å²) in [6.45, 7) is 4.32. The highest BCUT2D eigenvalue weighted by Crippen LogP contribution is 2.24. The minimum atomic E-state index is 0.186. The van der Waals surface area contributed by atoms with Gasteiger partial charge in [0.15, 0.2) is 5.82 Å². The second-order valence-electron chi connectivity index (χ2n) is 4.31. The minimum absolute atomic E-state index is 0.186. The van der Waals surface area contributed by atoms with Gasteiger partial charge in [-0.15, -0.1) is 0 Å². The molecule has 1 atom stereocenters. The molecule has 0 spiro atoms. The van der Waals surface area contributed by atoms with Crippen molar-refractivity contribution in [3.05, 3.63) is 23.6 Å². The number of pyridine rings is 1. The molecule has 3 heterocycles. The van der Waals surface area contributed by atoms with Gasteiger partial charge in [0.05, 0.1) is 18.2 Å². The molecule has 0 radical (unpaired) electrons. The smallest absolute Gasteiger partial charge is 0.225 e. The van der Waals surface area contributed by atoms with Crippen LogP contribution in [0.5, 0.6) is 0 Å². The summed E-state index contributed by atoms with van der Waals surface area (Å²) in [6, 6.07) is 3.74. The van der Waals surface area contributed by atoms with Crippen LogP contribution >= 0.6 is 11.6 Å². The Morgan fingerprint density at radius 1 is 1.44 bits per heavy atom. The standard InChI is InChI=1S/C12H13ClN4O/c1-8-7-17(5-6-18-8)11-10-9(3-2-4-14-10)15-12(13)16-11/h2-4,8H,5-7H2,1H3. The van der Waals surface area contributed by atoms with Crippen LogP contribution in [0.2, 0.25) is 5.28 Å². The van der Waals surface area contributed by atoms with Crippen molar-refractivity contribution in [1.82, 2.24) is 15.0 Å². The van der Waals surface area contributed by atoms with E-state index in [1.807, 2.05) is 19.1 Å². The van der Waals surface area contributed by atoms with Crippen LogP contribution in [-0.4, -0.2) is 40.8 Å². The van der Waals surface area contributed by atoms with Crippen LogP contribution in [0.3, 0.4) is 0 Å². The second-order valence-corrected chi connectivity index (χ2v) is 4.65. The first-order valence-electron chi connectivity index (χ1n) is 5.89. The average molecular weight is 265 g/mol. The zero-order valence-electron chi connectivity index (χ0n) is 10.0. The minimum Gasteiger partial charge on any atom is -0.375 e. The number of rotatable bonds is 1. The van der Waals surface area contributed by atoms with E-state index in [0.29, 0.717) is 6.61 Å². The monoisotopic (exact) mass is 264 g/mol. The van der Waals surface area contributed by atoms with Crippen molar-refractivity contribution in [3.63, 3.8) is 0 Å². The van der Waals surface area contributed by atoms with Crippen LogP contribution in [-0.2, 0) is 4.74 Å². The Bertz CT molecular complexity index is 577. The van der Waals surface area contributed by atoms with Crippen molar-refractivity contribution >= 4 is 28.5 Å². The van der Waals surface area contributed by atoms with Gasteiger partial charge in [-0.3, -0.25) is 4.98 Å². The Morgan fingerprint density at radius 3 is 3.17 bits per heavy atom. The van der Waals surface area contributed by atoms with Gasteiger partial charge in [0, 0.05) is 19.3 Å². The van der Waals surface area contributed by atoms with Gasteiger partial charge in [0.1, 0.15) is 5.52 Å². The van der Waals surface area contributed by atoms with Crippen molar-refractivity contribution in [3.8, 4) is 0 Å². The lowest BCUT2D eigenvalue weighted by Gasteiger charge is -2.32. The summed E-state index contributed by atoms with van der Waals surface area (Å²) in [5, 5.41) is 0.254. The van der Waals surface area contributed by atoms with Crippen LogP contribution in [0, 0.1) is 0 Å². The predicted molar refractivity (Wildman–Crippen MR) is 70.0 cm³/mol. The molecular weight excluding hydrogens is 252 g/mol. The molecule has 2 aromatic heterocycles. The van der Waals surface area contributed by atoms with E-state index < -0.39 is 0 Å². The molecule has 0 aliphatic carbocycles. The molecule has 0 N–H and O–H groups in total. The number of hydrogen-bond acceptors (Lipinski definition) is 5. The number of aromatic nitrogens is 3. The summed E-state index contributed by atoms with van der Waals surface area (Å²) in [6.07, 6.45) is 1.93. The predicted octanol–water partition coefficient (Wildman–Crippen LogP) is 1.90. The van der Waals surface area contributed by atoms with Gasteiger partial charge in [-0.2, -0.15) is 4.98 Å². The van der Waals surface area contributed by atoms with Crippen molar-refractivity contribution in [1.29, 1.82) is 0 Å². The van der Waals surface area contributed by atoms with Crippen LogP contribution in [0.1, 0.15) is 6.92 Å². The number of hydrogen-bond donors (Lipinski definition) is 0. The zero-order valence-corrected chi connectivity index (χ0v) is 10.8.